The number of likely N-dealkylation sites (N-methyl/N-ethyl adjacent to an activating group) is 1. The summed E-state index contributed by atoms with van der Waals surface area (Å²) in [5.41, 5.74) is 1.71. The van der Waals surface area contributed by atoms with Crippen LogP contribution in [0.5, 0.6) is 0 Å². The second-order valence-electron chi connectivity index (χ2n) is 5.50. The van der Waals surface area contributed by atoms with E-state index in [0.29, 0.717) is 25.9 Å². The molecule has 0 spiro atoms. The van der Waals surface area contributed by atoms with E-state index in [9.17, 15) is 14.9 Å². The smallest absolute Gasteiger partial charge is 0.269 e. The van der Waals surface area contributed by atoms with Crippen molar-refractivity contribution in [2.24, 2.45) is 0 Å². The van der Waals surface area contributed by atoms with Crippen molar-refractivity contribution in [3.8, 4) is 0 Å². The van der Waals surface area contributed by atoms with Gasteiger partial charge in [-0.1, -0.05) is 0 Å². The number of nitrogens with zero attached hydrogens (tertiary/aromatic N) is 3. The Morgan fingerprint density at radius 1 is 1.36 bits per heavy atom. The molecule has 120 valence electrons. The maximum atomic E-state index is 12.1. The molecule has 2 rings (SSSR count). The molecular weight excluding hydrogens is 286 g/mol. The van der Waals surface area contributed by atoms with Gasteiger partial charge < -0.3 is 14.9 Å². The average Bonchev–Trinajstić information content (AvgIpc) is 2.49. The molecule has 7 nitrogen and oxygen atoms in total. The van der Waals surface area contributed by atoms with Crippen molar-refractivity contribution < 1.29 is 14.8 Å². The molecule has 7 heteroatoms. The van der Waals surface area contributed by atoms with Gasteiger partial charge in [0.05, 0.1) is 11.5 Å². The Labute approximate surface area is 129 Å². The molecule has 0 fully saturated rings. The molecule has 1 aromatic rings. The van der Waals surface area contributed by atoms with Gasteiger partial charge in [0.25, 0.3) is 5.69 Å². The van der Waals surface area contributed by atoms with Gasteiger partial charge in [0.2, 0.25) is 5.91 Å². The van der Waals surface area contributed by atoms with Crippen molar-refractivity contribution >= 4 is 17.3 Å². The second kappa shape index (κ2) is 7.33. The topological polar surface area (TPSA) is 86.9 Å². The first kappa shape index (κ1) is 16.4. The zero-order valence-corrected chi connectivity index (χ0v) is 12.7. The number of aryl methyl sites for hydroxylation is 1. The minimum Gasteiger partial charge on any atom is -0.395 e. The molecule has 1 amide bonds. The van der Waals surface area contributed by atoms with Crippen molar-refractivity contribution in [1.82, 2.24) is 4.90 Å². The summed E-state index contributed by atoms with van der Waals surface area (Å²) in [6.45, 7) is 2.09. The molecule has 0 radical (unpaired) electrons. The van der Waals surface area contributed by atoms with Crippen molar-refractivity contribution in [2.75, 3.05) is 38.2 Å². The van der Waals surface area contributed by atoms with E-state index in [-0.39, 0.29) is 18.2 Å². The van der Waals surface area contributed by atoms with Crippen LogP contribution in [-0.4, -0.2) is 54.1 Å². The normalized spacial score (nSPS) is 14.3. The second-order valence-corrected chi connectivity index (χ2v) is 5.50. The van der Waals surface area contributed by atoms with Crippen LogP contribution in [0.25, 0.3) is 0 Å². The van der Waals surface area contributed by atoms with Crippen molar-refractivity contribution in [3.05, 3.63) is 33.9 Å². The monoisotopic (exact) mass is 307 g/mol. The number of fused-ring (bicyclic) bond motifs is 1. The number of aliphatic hydroxyl groups is 1. The number of hydrogen-bond acceptors (Lipinski definition) is 5. The largest absolute Gasteiger partial charge is 0.395 e. The highest BCUT2D eigenvalue weighted by molar-refractivity contribution is 5.96. The summed E-state index contributed by atoms with van der Waals surface area (Å²) >= 11 is 0. The predicted molar refractivity (Wildman–Crippen MR) is 83.0 cm³/mol. The first-order chi connectivity index (χ1) is 10.5. The van der Waals surface area contributed by atoms with E-state index < -0.39 is 4.92 Å². The Hall–Kier alpha value is -1.99. The molecule has 1 aliphatic rings. The molecule has 1 heterocycles. The number of anilines is 1. The van der Waals surface area contributed by atoms with Crippen LogP contribution in [0.3, 0.4) is 0 Å². The first-order valence-corrected chi connectivity index (χ1v) is 7.40. The quantitative estimate of drug-likeness (QED) is 0.604. The summed E-state index contributed by atoms with van der Waals surface area (Å²) in [5, 5.41) is 19.7. The molecule has 0 aromatic heterocycles. The number of rotatable bonds is 7. The van der Waals surface area contributed by atoms with E-state index in [4.69, 9.17) is 5.11 Å². The maximum absolute atomic E-state index is 12.1. The number of hydrogen-bond donors (Lipinski definition) is 1. The zero-order valence-electron chi connectivity index (χ0n) is 12.7. The fourth-order valence-corrected chi connectivity index (χ4v) is 2.69. The van der Waals surface area contributed by atoms with Gasteiger partial charge in [0, 0.05) is 37.3 Å². The number of carbonyl (C=O) groups is 1. The number of aliphatic hydroxyl groups excluding tert-OH is 1. The standard InChI is InChI=1S/C15H21N3O4/c1-16(9-10-19)7-2-8-17-14-5-4-13(18(21)22)11-12(14)3-6-15(17)20/h4-5,11,19H,2-3,6-10H2,1H3. The van der Waals surface area contributed by atoms with E-state index in [1.54, 1.807) is 17.0 Å². The van der Waals surface area contributed by atoms with Crippen LogP contribution >= 0.6 is 0 Å². The molecular formula is C15H21N3O4. The fourth-order valence-electron chi connectivity index (χ4n) is 2.69. The van der Waals surface area contributed by atoms with Gasteiger partial charge in [0.1, 0.15) is 0 Å². The van der Waals surface area contributed by atoms with Crippen LogP contribution in [0.15, 0.2) is 18.2 Å². The number of nitro benzene ring substituents is 1. The van der Waals surface area contributed by atoms with Crippen LogP contribution < -0.4 is 4.90 Å². The number of carbonyl (C=O) groups excluding carboxylic acids is 1. The summed E-state index contributed by atoms with van der Waals surface area (Å²) < 4.78 is 0. The van der Waals surface area contributed by atoms with E-state index in [0.717, 1.165) is 24.2 Å². The lowest BCUT2D eigenvalue weighted by Gasteiger charge is -2.30. The highest BCUT2D eigenvalue weighted by atomic mass is 16.6. The fraction of sp³-hybridized carbons (Fsp3) is 0.533. The third kappa shape index (κ3) is 3.80. The molecule has 0 bridgehead atoms. The summed E-state index contributed by atoms with van der Waals surface area (Å²) in [7, 11) is 1.92. The third-order valence-corrected chi connectivity index (χ3v) is 3.88. The van der Waals surface area contributed by atoms with Gasteiger partial charge in [-0.05, 0) is 38.1 Å². The Balaban J connectivity index is 2.06. The Morgan fingerprint density at radius 3 is 2.82 bits per heavy atom. The molecule has 0 atom stereocenters. The molecule has 22 heavy (non-hydrogen) atoms. The van der Waals surface area contributed by atoms with Gasteiger partial charge in [-0.2, -0.15) is 0 Å². The summed E-state index contributed by atoms with van der Waals surface area (Å²) in [4.78, 5) is 26.3. The third-order valence-electron chi connectivity index (χ3n) is 3.88. The summed E-state index contributed by atoms with van der Waals surface area (Å²) in [5.74, 6) is 0.0613. The van der Waals surface area contributed by atoms with E-state index in [1.807, 2.05) is 11.9 Å². The van der Waals surface area contributed by atoms with Crippen LogP contribution in [0.4, 0.5) is 11.4 Å². The minimum absolute atomic E-state index is 0.0613. The average molecular weight is 307 g/mol. The zero-order chi connectivity index (χ0) is 16.1. The van der Waals surface area contributed by atoms with Crippen LogP contribution in [0.1, 0.15) is 18.4 Å². The van der Waals surface area contributed by atoms with Crippen molar-refractivity contribution in [3.63, 3.8) is 0 Å². The van der Waals surface area contributed by atoms with E-state index in [2.05, 4.69) is 0 Å². The number of nitro groups is 1. The highest BCUT2D eigenvalue weighted by Gasteiger charge is 2.25. The number of amides is 1. The molecule has 1 aromatic carbocycles. The van der Waals surface area contributed by atoms with E-state index >= 15 is 0 Å². The van der Waals surface area contributed by atoms with Crippen LogP contribution in [0.2, 0.25) is 0 Å². The minimum atomic E-state index is -0.412. The molecule has 0 aliphatic carbocycles. The van der Waals surface area contributed by atoms with Gasteiger partial charge in [0.15, 0.2) is 0 Å². The Morgan fingerprint density at radius 2 is 2.14 bits per heavy atom. The molecule has 0 unspecified atom stereocenters. The van der Waals surface area contributed by atoms with Crippen molar-refractivity contribution in [2.45, 2.75) is 19.3 Å². The number of benzene rings is 1. The lowest BCUT2D eigenvalue weighted by atomic mass is 10.00. The summed E-state index contributed by atoms with van der Waals surface area (Å²) in [6.07, 6.45) is 1.73. The lowest BCUT2D eigenvalue weighted by molar-refractivity contribution is -0.384. The van der Waals surface area contributed by atoms with Crippen LogP contribution in [-0.2, 0) is 11.2 Å². The highest BCUT2D eigenvalue weighted by Crippen LogP contribution is 2.31. The molecule has 0 saturated heterocycles. The lowest BCUT2D eigenvalue weighted by Crippen LogP contribution is -2.37. The van der Waals surface area contributed by atoms with E-state index in [1.165, 1.54) is 6.07 Å². The SMILES string of the molecule is CN(CCO)CCCN1C(=O)CCc2cc([N+](=O)[O-])ccc21. The Bertz CT molecular complexity index is 562. The first-order valence-electron chi connectivity index (χ1n) is 7.40. The Kier molecular flexibility index (Phi) is 5.46. The van der Waals surface area contributed by atoms with Crippen LogP contribution in [0, 0.1) is 10.1 Å². The maximum Gasteiger partial charge on any atom is 0.269 e. The predicted octanol–water partition coefficient (Wildman–Crippen LogP) is 1.19. The van der Waals surface area contributed by atoms with Gasteiger partial charge in [-0.25, -0.2) is 0 Å². The molecule has 1 N–H and O–H groups in total. The number of non-ortho nitro benzene ring substituents is 1. The van der Waals surface area contributed by atoms with Gasteiger partial charge in [-0.15, -0.1) is 0 Å². The van der Waals surface area contributed by atoms with Crippen molar-refractivity contribution in [1.29, 1.82) is 0 Å². The van der Waals surface area contributed by atoms with Gasteiger partial charge in [-0.3, -0.25) is 14.9 Å². The molecule has 1 aliphatic heterocycles. The summed E-state index contributed by atoms with van der Waals surface area (Å²) in [6, 6.07) is 4.68. The van der Waals surface area contributed by atoms with Gasteiger partial charge >= 0.3 is 0 Å². The molecule has 0 saturated carbocycles.